The number of hydrogen-bond acceptors (Lipinski definition) is 11. The predicted octanol–water partition coefficient (Wildman–Crippen LogP) is 8.61. The molecule has 9 atom stereocenters. The topological polar surface area (TPSA) is 113 Å². The molecule has 2 saturated heterocycles. The van der Waals surface area contributed by atoms with Crippen LogP contribution in [0, 0.1) is 0 Å². The highest BCUT2D eigenvalue weighted by molar-refractivity contribution is 5.18. The minimum absolute atomic E-state index is 0.111. The Kier molecular flexibility index (Phi) is 17.7. The lowest BCUT2D eigenvalue weighted by Gasteiger charge is -2.46. The number of rotatable bonds is 24. The molecule has 0 saturated carbocycles. The van der Waals surface area contributed by atoms with Gasteiger partial charge in [0.25, 0.3) is 0 Å². The summed E-state index contributed by atoms with van der Waals surface area (Å²) in [5, 5.41) is 12.5. The van der Waals surface area contributed by atoms with Crippen LogP contribution in [0.15, 0.2) is 182 Å². The molecule has 6 aromatic carbocycles. The number of benzene rings is 6. The molecule has 11 heteroatoms. The van der Waals surface area contributed by atoms with Gasteiger partial charge in [0.15, 0.2) is 6.29 Å². The van der Waals surface area contributed by atoms with Crippen molar-refractivity contribution in [2.24, 2.45) is 0 Å². The maximum absolute atomic E-state index is 12.5. The van der Waals surface area contributed by atoms with E-state index in [0.29, 0.717) is 6.61 Å². The van der Waals surface area contributed by atoms with Gasteiger partial charge in [-0.15, -0.1) is 0 Å². The van der Waals surface area contributed by atoms with Crippen molar-refractivity contribution in [2.45, 2.75) is 94.4 Å². The zero-order valence-electron chi connectivity index (χ0n) is 37.3. The van der Waals surface area contributed by atoms with Crippen LogP contribution >= 0.6 is 0 Å². The van der Waals surface area contributed by atoms with Crippen molar-refractivity contribution in [1.82, 2.24) is 0 Å². The Morgan fingerprint density at radius 3 is 1.24 bits per heavy atom. The molecular formula is C55H60O11. The van der Waals surface area contributed by atoms with Gasteiger partial charge in [-0.3, -0.25) is 0 Å². The molecule has 11 nitrogen and oxygen atoms in total. The number of aliphatic hydroxyl groups excluding tert-OH is 1. The Bertz CT molecular complexity index is 2240. The van der Waals surface area contributed by atoms with Gasteiger partial charge in [-0.25, -0.2) is 0 Å². The van der Waals surface area contributed by atoms with Crippen molar-refractivity contribution in [3.63, 3.8) is 0 Å². The number of aliphatic hydroxyl groups is 1. The van der Waals surface area contributed by atoms with Crippen LogP contribution in [0.25, 0.3) is 0 Å². The van der Waals surface area contributed by atoms with Gasteiger partial charge in [-0.05, 0) is 33.4 Å². The Morgan fingerprint density at radius 1 is 0.424 bits per heavy atom. The van der Waals surface area contributed by atoms with Gasteiger partial charge in [0.2, 0.25) is 5.79 Å². The van der Waals surface area contributed by atoms with Gasteiger partial charge in [0.05, 0.1) is 52.9 Å². The molecule has 2 aliphatic rings. The molecular weight excluding hydrogens is 837 g/mol. The second-order valence-electron chi connectivity index (χ2n) is 16.5. The van der Waals surface area contributed by atoms with E-state index in [0.717, 1.165) is 33.4 Å². The molecule has 0 bridgehead atoms. The van der Waals surface area contributed by atoms with E-state index in [1.54, 1.807) is 7.11 Å². The molecule has 0 aromatic heterocycles. The van der Waals surface area contributed by atoms with E-state index in [1.807, 2.05) is 182 Å². The van der Waals surface area contributed by atoms with Crippen molar-refractivity contribution >= 4 is 0 Å². The summed E-state index contributed by atoms with van der Waals surface area (Å²) in [6.07, 6.45) is -6.79. The van der Waals surface area contributed by atoms with Gasteiger partial charge in [0.1, 0.15) is 49.3 Å². The average Bonchev–Trinajstić information content (AvgIpc) is 3.63. The van der Waals surface area contributed by atoms with E-state index >= 15 is 0 Å². The van der Waals surface area contributed by atoms with Gasteiger partial charge in [-0.1, -0.05) is 182 Å². The summed E-state index contributed by atoms with van der Waals surface area (Å²) >= 11 is 0. The zero-order chi connectivity index (χ0) is 45.2. The molecule has 2 heterocycles. The molecule has 0 aliphatic carbocycles. The lowest BCUT2D eigenvalue weighted by atomic mass is 9.97. The quantitative estimate of drug-likeness (QED) is 0.0631. The largest absolute Gasteiger partial charge is 0.385 e. The van der Waals surface area contributed by atoms with Gasteiger partial charge < -0.3 is 52.5 Å². The fourth-order valence-corrected chi connectivity index (χ4v) is 8.27. The van der Waals surface area contributed by atoms with Crippen molar-refractivity contribution in [1.29, 1.82) is 0 Å². The van der Waals surface area contributed by atoms with E-state index in [9.17, 15) is 5.11 Å². The van der Waals surface area contributed by atoms with Crippen LogP contribution in [0.3, 0.4) is 0 Å². The second-order valence-corrected chi connectivity index (χ2v) is 16.5. The first kappa shape index (κ1) is 47.4. The zero-order valence-corrected chi connectivity index (χ0v) is 37.3. The Morgan fingerprint density at radius 2 is 0.803 bits per heavy atom. The highest BCUT2D eigenvalue weighted by atomic mass is 16.8. The summed E-state index contributed by atoms with van der Waals surface area (Å²) in [7, 11) is 1.58. The van der Waals surface area contributed by atoms with Crippen LogP contribution in [0.2, 0.25) is 0 Å². The molecule has 6 aromatic rings. The molecule has 2 aliphatic heterocycles. The normalized spacial score (nSPS) is 25.2. The van der Waals surface area contributed by atoms with Crippen LogP contribution < -0.4 is 0 Å². The first-order chi connectivity index (χ1) is 32.6. The summed E-state index contributed by atoms with van der Waals surface area (Å²) < 4.78 is 66.2. The molecule has 1 N–H and O–H groups in total. The van der Waals surface area contributed by atoms with E-state index in [2.05, 4.69) is 0 Å². The van der Waals surface area contributed by atoms with E-state index in [4.69, 9.17) is 47.4 Å². The fourth-order valence-electron chi connectivity index (χ4n) is 8.27. The number of methoxy groups -OCH3 is 1. The van der Waals surface area contributed by atoms with Crippen molar-refractivity contribution in [3.05, 3.63) is 215 Å². The van der Waals surface area contributed by atoms with Crippen LogP contribution in [-0.4, -0.2) is 86.8 Å². The summed E-state index contributed by atoms with van der Waals surface area (Å²) in [6.45, 7) is 1.47. The average molecular weight is 897 g/mol. The summed E-state index contributed by atoms with van der Waals surface area (Å²) in [5.41, 5.74) is 5.83. The highest BCUT2D eigenvalue weighted by Crippen LogP contribution is 2.38. The molecule has 66 heavy (non-hydrogen) atoms. The molecule has 8 rings (SSSR count). The second kappa shape index (κ2) is 24.6. The van der Waals surface area contributed by atoms with Crippen molar-refractivity contribution in [2.75, 3.05) is 26.9 Å². The third-order valence-electron chi connectivity index (χ3n) is 11.7. The van der Waals surface area contributed by atoms with Crippen LogP contribution in [0.4, 0.5) is 0 Å². The molecule has 346 valence electrons. The van der Waals surface area contributed by atoms with Crippen molar-refractivity contribution < 1.29 is 52.5 Å². The molecule has 0 radical (unpaired) electrons. The van der Waals surface area contributed by atoms with Crippen LogP contribution in [-0.2, 0) is 87.0 Å². The Hall–Kier alpha value is -5.12. The minimum Gasteiger partial charge on any atom is -0.385 e. The van der Waals surface area contributed by atoms with Crippen molar-refractivity contribution in [3.8, 4) is 0 Å². The highest BCUT2D eigenvalue weighted by Gasteiger charge is 2.58. The Labute approximate surface area is 388 Å². The van der Waals surface area contributed by atoms with E-state index < -0.39 is 54.8 Å². The van der Waals surface area contributed by atoms with E-state index in [-0.39, 0.29) is 52.9 Å². The first-order valence-corrected chi connectivity index (χ1v) is 22.6. The molecule has 0 spiro atoms. The fraction of sp³-hybridized carbons (Fsp3) is 0.345. The van der Waals surface area contributed by atoms with Gasteiger partial charge in [0, 0.05) is 7.11 Å². The Balaban J connectivity index is 1.09. The smallest absolute Gasteiger partial charge is 0.221 e. The van der Waals surface area contributed by atoms with E-state index in [1.165, 1.54) is 0 Å². The van der Waals surface area contributed by atoms with Crippen LogP contribution in [0.1, 0.15) is 33.4 Å². The molecule has 0 unspecified atom stereocenters. The predicted molar refractivity (Wildman–Crippen MR) is 248 cm³/mol. The summed E-state index contributed by atoms with van der Waals surface area (Å²) in [4.78, 5) is 0. The SMILES string of the molecule is CO[C@H]1O[C@H](CO[C@]2(COCc3ccccc3)O[C@H](COCc3ccccc3)[C@@H](OCc3ccccc3)[C@@H]2O)[C@@H](OCc2ccccc2)[C@H](OCc2ccccc2)[C@@H]1OCc1ccccc1. The maximum Gasteiger partial charge on any atom is 0.221 e. The maximum atomic E-state index is 12.5. The third-order valence-corrected chi connectivity index (χ3v) is 11.7. The molecule has 2 fully saturated rings. The monoisotopic (exact) mass is 896 g/mol. The third kappa shape index (κ3) is 13.1. The van der Waals surface area contributed by atoms with Gasteiger partial charge >= 0.3 is 0 Å². The van der Waals surface area contributed by atoms with Gasteiger partial charge in [-0.2, -0.15) is 0 Å². The number of hydrogen-bond donors (Lipinski definition) is 1. The minimum atomic E-state index is -1.73. The summed E-state index contributed by atoms with van der Waals surface area (Å²) in [6, 6.07) is 59.4. The lowest BCUT2D eigenvalue weighted by molar-refractivity contribution is -0.343. The van der Waals surface area contributed by atoms with Crippen LogP contribution in [0.5, 0.6) is 0 Å². The standard InChI is InChI=1S/C55H60O11/c1-57-54-52(63-37-46-30-18-7-19-31-46)51(62-36-45-28-16-6-17-29-45)49(60-34-43-24-12-4-13-25-43)47(65-54)39-64-55(40-59-33-42-22-10-3-11-23-42)53(56)50(61-35-44-26-14-5-15-27-44)48(66-55)38-58-32-41-20-8-2-9-21-41/h2-31,47-54,56H,32-40H2,1H3/t47-,48-,49-,50-,51+,52+,53+,54+,55-/m1/s1. The first-order valence-electron chi connectivity index (χ1n) is 22.6. The lowest BCUT2D eigenvalue weighted by Crippen LogP contribution is -2.62. The summed E-state index contributed by atoms with van der Waals surface area (Å²) in [5.74, 6) is -1.73. The number of ether oxygens (including phenoxy) is 10. The molecule has 0 amide bonds.